The van der Waals surface area contributed by atoms with E-state index in [2.05, 4.69) is 11.4 Å². The lowest BCUT2D eigenvalue weighted by molar-refractivity contribution is -0.0627. The van der Waals surface area contributed by atoms with Crippen LogP contribution < -0.4 is 10.1 Å². The predicted molar refractivity (Wildman–Crippen MR) is 88.5 cm³/mol. The maximum Gasteiger partial charge on any atom is 0.251 e. The third kappa shape index (κ3) is 2.84. The Kier molecular flexibility index (Phi) is 4.00. The molecule has 5 nitrogen and oxygen atoms in total. The molecule has 122 valence electrons. The molecule has 0 aliphatic carbocycles. The van der Waals surface area contributed by atoms with E-state index in [1.807, 2.05) is 6.07 Å². The molecule has 2 aromatic rings. The van der Waals surface area contributed by atoms with Gasteiger partial charge in [-0.2, -0.15) is 5.26 Å². The van der Waals surface area contributed by atoms with Gasteiger partial charge in [0.2, 0.25) is 0 Å². The molecule has 0 fully saturated rings. The topological polar surface area (TPSA) is 82.3 Å². The van der Waals surface area contributed by atoms with E-state index in [9.17, 15) is 9.90 Å². The van der Waals surface area contributed by atoms with Crippen molar-refractivity contribution in [3.63, 3.8) is 0 Å². The fourth-order valence-electron chi connectivity index (χ4n) is 2.84. The summed E-state index contributed by atoms with van der Waals surface area (Å²) in [6, 6.07) is 15.2. The number of nitriles is 1. The average molecular weight is 322 g/mol. The highest BCUT2D eigenvalue weighted by atomic mass is 16.5. The number of carbonyl (C=O) groups is 1. The molecule has 1 aliphatic rings. The van der Waals surface area contributed by atoms with Gasteiger partial charge >= 0.3 is 0 Å². The third-order valence-electron chi connectivity index (χ3n) is 4.20. The molecule has 2 atom stereocenters. The van der Waals surface area contributed by atoms with Crippen LogP contribution in [0.1, 0.15) is 41.4 Å². The fourth-order valence-corrected chi connectivity index (χ4v) is 2.84. The Labute approximate surface area is 140 Å². The highest BCUT2D eigenvalue weighted by Crippen LogP contribution is 2.40. The number of nitrogens with zero attached hydrogens (tertiary/aromatic N) is 1. The molecular weight excluding hydrogens is 304 g/mol. The van der Waals surface area contributed by atoms with Crippen LogP contribution in [0.4, 0.5) is 0 Å². The molecule has 3 rings (SSSR count). The summed E-state index contributed by atoms with van der Waals surface area (Å²) in [4.78, 5) is 12.5. The fraction of sp³-hybridized carbons (Fsp3) is 0.263. The zero-order valence-corrected chi connectivity index (χ0v) is 13.5. The van der Waals surface area contributed by atoms with Gasteiger partial charge in [0.25, 0.3) is 5.91 Å². The van der Waals surface area contributed by atoms with E-state index in [-0.39, 0.29) is 5.91 Å². The van der Waals surface area contributed by atoms with E-state index < -0.39 is 17.7 Å². The van der Waals surface area contributed by atoms with Gasteiger partial charge in [0.05, 0.1) is 17.7 Å². The van der Waals surface area contributed by atoms with Crippen LogP contribution in [0.2, 0.25) is 0 Å². The molecule has 24 heavy (non-hydrogen) atoms. The lowest BCUT2D eigenvalue weighted by Crippen LogP contribution is -2.53. The standard InChI is InChI=1S/C19H18N2O3/c1-19(2)17(22)16(21-18(23)13-6-4-3-5-7-13)14-10-12(11-20)8-9-15(14)24-19/h3-10,16-17,22H,1-2H3,(H,21,23)/t16-,17+/m0/s1. The molecule has 1 aliphatic heterocycles. The number of benzene rings is 2. The minimum atomic E-state index is -0.952. The first-order valence-corrected chi connectivity index (χ1v) is 7.69. The first-order valence-electron chi connectivity index (χ1n) is 7.69. The Morgan fingerprint density at radius 1 is 1.25 bits per heavy atom. The van der Waals surface area contributed by atoms with Crippen LogP contribution in [-0.4, -0.2) is 22.7 Å². The van der Waals surface area contributed by atoms with Crippen molar-refractivity contribution >= 4 is 5.91 Å². The molecule has 0 spiro atoms. The van der Waals surface area contributed by atoms with Crippen molar-refractivity contribution in [3.8, 4) is 11.8 Å². The third-order valence-corrected chi connectivity index (χ3v) is 4.20. The zero-order chi connectivity index (χ0) is 17.3. The van der Waals surface area contributed by atoms with E-state index in [0.717, 1.165) is 0 Å². The number of aliphatic hydroxyl groups is 1. The van der Waals surface area contributed by atoms with Gasteiger partial charge in [-0.25, -0.2) is 0 Å². The smallest absolute Gasteiger partial charge is 0.251 e. The van der Waals surface area contributed by atoms with Gasteiger partial charge in [-0.3, -0.25) is 4.79 Å². The van der Waals surface area contributed by atoms with Gasteiger partial charge in [0.1, 0.15) is 17.5 Å². The zero-order valence-electron chi connectivity index (χ0n) is 13.5. The average Bonchev–Trinajstić information content (AvgIpc) is 2.59. The predicted octanol–water partition coefficient (Wildman–Crippen LogP) is 2.56. The van der Waals surface area contributed by atoms with Crippen molar-refractivity contribution in [1.82, 2.24) is 5.32 Å². The van der Waals surface area contributed by atoms with E-state index >= 15 is 0 Å². The van der Waals surface area contributed by atoms with Crippen molar-refractivity contribution in [2.24, 2.45) is 0 Å². The summed E-state index contributed by atoms with van der Waals surface area (Å²) >= 11 is 0. The van der Waals surface area contributed by atoms with E-state index in [0.29, 0.717) is 22.4 Å². The molecule has 0 saturated carbocycles. The van der Waals surface area contributed by atoms with Crippen LogP contribution in [-0.2, 0) is 0 Å². The van der Waals surface area contributed by atoms with Crippen LogP contribution in [0.15, 0.2) is 48.5 Å². The van der Waals surface area contributed by atoms with Gasteiger partial charge in [-0.05, 0) is 44.2 Å². The lowest BCUT2D eigenvalue weighted by Gasteiger charge is -2.42. The highest BCUT2D eigenvalue weighted by molar-refractivity contribution is 5.94. The number of aliphatic hydroxyl groups excluding tert-OH is 1. The van der Waals surface area contributed by atoms with E-state index in [1.165, 1.54) is 0 Å². The Morgan fingerprint density at radius 3 is 2.62 bits per heavy atom. The van der Waals surface area contributed by atoms with Crippen molar-refractivity contribution in [2.75, 3.05) is 0 Å². The van der Waals surface area contributed by atoms with Gasteiger partial charge in [-0.15, -0.1) is 0 Å². The summed E-state index contributed by atoms with van der Waals surface area (Å²) in [6.45, 7) is 3.53. The summed E-state index contributed by atoms with van der Waals surface area (Å²) in [5.74, 6) is 0.272. The Bertz CT molecular complexity index is 809. The molecule has 0 bridgehead atoms. The SMILES string of the molecule is CC1(C)Oc2ccc(C#N)cc2[C@H](NC(=O)c2ccccc2)[C@H]1O. The summed E-state index contributed by atoms with van der Waals surface area (Å²) in [5.41, 5.74) is 0.691. The first-order chi connectivity index (χ1) is 11.4. The minimum Gasteiger partial charge on any atom is -0.485 e. The Morgan fingerprint density at radius 2 is 1.96 bits per heavy atom. The molecule has 5 heteroatoms. The van der Waals surface area contributed by atoms with Crippen molar-refractivity contribution in [1.29, 1.82) is 5.26 Å². The molecule has 2 aromatic carbocycles. The maximum absolute atomic E-state index is 12.5. The number of amides is 1. The van der Waals surface area contributed by atoms with Gasteiger partial charge in [0, 0.05) is 11.1 Å². The molecule has 0 aromatic heterocycles. The van der Waals surface area contributed by atoms with Gasteiger partial charge in [-0.1, -0.05) is 18.2 Å². The number of carbonyl (C=O) groups excluding carboxylic acids is 1. The van der Waals surface area contributed by atoms with Crippen molar-refractivity contribution in [2.45, 2.75) is 31.6 Å². The molecular formula is C19H18N2O3. The summed E-state index contributed by atoms with van der Waals surface area (Å²) in [5, 5.41) is 22.7. The molecule has 0 saturated heterocycles. The molecule has 0 radical (unpaired) electrons. The molecule has 0 unspecified atom stereocenters. The number of nitrogens with one attached hydrogen (secondary N) is 1. The maximum atomic E-state index is 12.5. The second-order valence-corrected chi connectivity index (χ2v) is 6.33. The summed E-state index contributed by atoms with van der Waals surface area (Å²) in [7, 11) is 0. The summed E-state index contributed by atoms with van der Waals surface area (Å²) in [6.07, 6.45) is -0.952. The molecule has 1 heterocycles. The Balaban J connectivity index is 1.99. The second-order valence-electron chi connectivity index (χ2n) is 6.33. The first kappa shape index (κ1) is 16.0. The number of rotatable bonds is 2. The van der Waals surface area contributed by atoms with Crippen LogP contribution in [0.3, 0.4) is 0 Å². The van der Waals surface area contributed by atoms with E-state index in [1.54, 1.807) is 56.3 Å². The van der Waals surface area contributed by atoms with Crippen LogP contribution in [0, 0.1) is 11.3 Å². The van der Waals surface area contributed by atoms with Gasteiger partial charge in [0.15, 0.2) is 0 Å². The highest BCUT2D eigenvalue weighted by Gasteiger charge is 2.43. The number of fused-ring (bicyclic) bond motifs is 1. The van der Waals surface area contributed by atoms with Crippen LogP contribution >= 0.6 is 0 Å². The van der Waals surface area contributed by atoms with Crippen molar-refractivity contribution in [3.05, 3.63) is 65.2 Å². The van der Waals surface area contributed by atoms with Crippen molar-refractivity contribution < 1.29 is 14.6 Å². The Hall–Kier alpha value is -2.84. The van der Waals surface area contributed by atoms with Gasteiger partial charge < -0.3 is 15.2 Å². The number of hydrogen-bond donors (Lipinski definition) is 2. The lowest BCUT2D eigenvalue weighted by atomic mass is 9.85. The second kappa shape index (κ2) is 5.99. The normalized spacial score (nSPS) is 21.1. The number of hydrogen-bond acceptors (Lipinski definition) is 4. The number of ether oxygens (including phenoxy) is 1. The molecule has 2 N–H and O–H groups in total. The van der Waals surface area contributed by atoms with Crippen LogP contribution in [0.5, 0.6) is 5.75 Å². The van der Waals surface area contributed by atoms with Crippen LogP contribution in [0.25, 0.3) is 0 Å². The minimum absolute atomic E-state index is 0.286. The molecule has 1 amide bonds. The largest absolute Gasteiger partial charge is 0.485 e. The van der Waals surface area contributed by atoms with E-state index in [4.69, 9.17) is 10.00 Å². The monoisotopic (exact) mass is 322 g/mol. The quantitative estimate of drug-likeness (QED) is 0.890. The summed E-state index contributed by atoms with van der Waals surface area (Å²) < 4.78 is 5.84.